The fourth-order valence-electron chi connectivity index (χ4n) is 0.667. The Morgan fingerprint density at radius 1 is 1.40 bits per heavy atom. The van der Waals surface area contributed by atoms with Crippen molar-refractivity contribution in [1.82, 2.24) is 0 Å². The lowest BCUT2D eigenvalue weighted by Crippen LogP contribution is -1.96. The summed E-state index contributed by atoms with van der Waals surface area (Å²) in [5.41, 5.74) is 0. The van der Waals surface area contributed by atoms with E-state index in [0.717, 1.165) is 19.1 Å². The number of Topliss-reactive ketones (excluding diaryl/α,β-unsaturated/α-hetero) is 1. The van der Waals surface area contributed by atoms with Gasteiger partial charge in [-0.25, -0.2) is 0 Å². The first-order valence-corrected chi connectivity index (χ1v) is 3.56. The average molecular weight is 141 g/mol. The van der Waals surface area contributed by atoms with Crippen molar-refractivity contribution in [3.8, 4) is 0 Å². The van der Waals surface area contributed by atoms with Crippen LogP contribution in [0.2, 0.25) is 0 Å². The minimum atomic E-state index is 0.177. The van der Waals surface area contributed by atoms with Gasteiger partial charge in [-0.2, -0.15) is 0 Å². The van der Waals surface area contributed by atoms with Crippen molar-refractivity contribution in [3.63, 3.8) is 0 Å². The van der Waals surface area contributed by atoms with E-state index in [4.69, 9.17) is 0 Å². The SMILES string of the molecule is [CH2]CCCC(=O)CCC=O. The predicted molar refractivity (Wildman–Crippen MR) is 39.5 cm³/mol. The molecule has 0 atom stereocenters. The van der Waals surface area contributed by atoms with Crippen LogP contribution in [0.5, 0.6) is 0 Å². The van der Waals surface area contributed by atoms with Gasteiger partial charge in [0.05, 0.1) is 0 Å². The van der Waals surface area contributed by atoms with E-state index >= 15 is 0 Å². The topological polar surface area (TPSA) is 34.1 Å². The Morgan fingerprint density at radius 2 is 2.10 bits per heavy atom. The maximum atomic E-state index is 10.8. The second kappa shape index (κ2) is 6.46. The lowest BCUT2D eigenvalue weighted by atomic mass is 10.1. The van der Waals surface area contributed by atoms with Gasteiger partial charge in [0.25, 0.3) is 0 Å². The van der Waals surface area contributed by atoms with Crippen molar-refractivity contribution in [1.29, 1.82) is 0 Å². The van der Waals surface area contributed by atoms with E-state index < -0.39 is 0 Å². The summed E-state index contributed by atoms with van der Waals surface area (Å²) < 4.78 is 0. The summed E-state index contributed by atoms with van der Waals surface area (Å²) in [6.45, 7) is 3.62. The smallest absolute Gasteiger partial charge is 0.133 e. The third-order valence-electron chi connectivity index (χ3n) is 1.25. The Hall–Kier alpha value is -0.660. The molecule has 0 aliphatic rings. The number of ketones is 1. The first-order valence-electron chi connectivity index (χ1n) is 3.56. The first kappa shape index (κ1) is 9.34. The van der Waals surface area contributed by atoms with Crippen molar-refractivity contribution in [2.75, 3.05) is 0 Å². The van der Waals surface area contributed by atoms with Gasteiger partial charge in [0.1, 0.15) is 12.1 Å². The molecule has 0 heterocycles. The van der Waals surface area contributed by atoms with Crippen LogP contribution in [0, 0.1) is 6.92 Å². The molecule has 0 fully saturated rings. The Kier molecular flexibility index (Phi) is 6.03. The average Bonchev–Trinajstić information content (AvgIpc) is 1.97. The highest BCUT2D eigenvalue weighted by Crippen LogP contribution is 1.99. The minimum Gasteiger partial charge on any atom is -0.303 e. The van der Waals surface area contributed by atoms with Crippen LogP contribution in [0.4, 0.5) is 0 Å². The lowest BCUT2D eigenvalue weighted by Gasteiger charge is -1.93. The van der Waals surface area contributed by atoms with E-state index in [1.807, 2.05) is 0 Å². The minimum absolute atomic E-state index is 0.177. The molecule has 2 heteroatoms. The highest BCUT2D eigenvalue weighted by Gasteiger charge is 1.98. The third kappa shape index (κ3) is 5.48. The molecule has 0 spiro atoms. The number of carbonyl (C=O) groups excluding carboxylic acids is 2. The fourth-order valence-corrected chi connectivity index (χ4v) is 0.667. The number of unbranched alkanes of at least 4 members (excludes halogenated alkanes) is 1. The van der Waals surface area contributed by atoms with Crippen LogP contribution < -0.4 is 0 Å². The fraction of sp³-hybridized carbons (Fsp3) is 0.625. The van der Waals surface area contributed by atoms with Crippen LogP contribution >= 0.6 is 0 Å². The molecule has 0 aromatic carbocycles. The van der Waals surface area contributed by atoms with E-state index in [-0.39, 0.29) is 5.78 Å². The summed E-state index contributed by atoms with van der Waals surface area (Å²) in [6, 6.07) is 0. The Bertz CT molecular complexity index is 108. The second-order valence-electron chi connectivity index (χ2n) is 2.20. The molecule has 57 valence electrons. The molecule has 0 aliphatic heterocycles. The van der Waals surface area contributed by atoms with Gasteiger partial charge in [0.15, 0.2) is 0 Å². The van der Waals surface area contributed by atoms with Crippen molar-refractivity contribution in [2.24, 2.45) is 0 Å². The summed E-state index contributed by atoms with van der Waals surface area (Å²) in [5.74, 6) is 0.177. The van der Waals surface area contributed by atoms with E-state index in [0.29, 0.717) is 19.3 Å². The largest absolute Gasteiger partial charge is 0.303 e. The molecule has 0 saturated heterocycles. The molecular weight excluding hydrogens is 128 g/mol. The highest BCUT2D eigenvalue weighted by molar-refractivity contribution is 5.80. The quantitative estimate of drug-likeness (QED) is 0.526. The van der Waals surface area contributed by atoms with Crippen LogP contribution in [0.1, 0.15) is 32.1 Å². The highest BCUT2D eigenvalue weighted by atomic mass is 16.1. The zero-order chi connectivity index (χ0) is 7.82. The van der Waals surface area contributed by atoms with Gasteiger partial charge >= 0.3 is 0 Å². The molecule has 2 nitrogen and oxygen atoms in total. The molecule has 0 rings (SSSR count). The zero-order valence-corrected chi connectivity index (χ0v) is 6.14. The van der Waals surface area contributed by atoms with Crippen molar-refractivity contribution in [3.05, 3.63) is 6.92 Å². The van der Waals surface area contributed by atoms with E-state index in [1.54, 1.807) is 0 Å². The van der Waals surface area contributed by atoms with Crippen LogP contribution in [-0.2, 0) is 9.59 Å². The number of carbonyl (C=O) groups is 2. The molecular formula is C8H13O2. The Morgan fingerprint density at radius 3 is 2.60 bits per heavy atom. The molecule has 0 aliphatic carbocycles. The van der Waals surface area contributed by atoms with Gasteiger partial charge in [-0.3, -0.25) is 4.79 Å². The molecule has 0 aromatic rings. The number of aldehydes is 1. The van der Waals surface area contributed by atoms with Crippen molar-refractivity contribution >= 4 is 12.1 Å². The summed E-state index contributed by atoms with van der Waals surface area (Å²) in [7, 11) is 0. The van der Waals surface area contributed by atoms with Gasteiger partial charge < -0.3 is 4.79 Å². The van der Waals surface area contributed by atoms with Gasteiger partial charge in [-0.15, -0.1) is 0 Å². The molecule has 1 radical (unpaired) electrons. The van der Waals surface area contributed by atoms with E-state index in [1.165, 1.54) is 0 Å². The van der Waals surface area contributed by atoms with Crippen molar-refractivity contribution < 1.29 is 9.59 Å². The maximum Gasteiger partial charge on any atom is 0.133 e. The molecule has 0 unspecified atom stereocenters. The zero-order valence-electron chi connectivity index (χ0n) is 6.14. The maximum absolute atomic E-state index is 10.8. The number of hydrogen-bond donors (Lipinski definition) is 0. The van der Waals surface area contributed by atoms with Crippen LogP contribution in [0.15, 0.2) is 0 Å². The molecule has 10 heavy (non-hydrogen) atoms. The predicted octanol–water partition coefficient (Wildman–Crippen LogP) is 1.54. The first-order chi connectivity index (χ1) is 4.81. The molecule has 0 amide bonds. The Balaban J connectivity index is 3.16. The summed E-state index contributed by atoms with van der Waals surface area (Å²) >= 11 is 0. The standard InChI is InChI=1S/C8H13O2/c1-2-3-5-8(10)6-4-7-9/h7H,1-6H2. The van der Waals surface area contributed by atoms with Gasteiger partial charge in [0.2, 0.25) is 0 Å². The molecule has 0 N–H and O–H groups in total. The lowest BCUT2D eigenvalue weighted by molar-refractivity contribution is -0.120. The Labute approximate surface area is 61.6 Å². The number of hydrogen-bond acceptors (Lipinski definition) is 2. The molecule has 0 aromatic heterocycles. The second-order valence-corrected chi connectivity index (χ2v) is 2.20. The van der Waals surface area contributed by atoms with Crippen LogP contribution in [0.25, 0.3) is 0 Å². The number of rotatable bonds is 6. The molecule has 0 saturated carbocycles. The summed E-state index contributed by atoms with van der Waals surface area (Å²) in [4.78, 5) is 20.6. The molecule has 0 bridgehead atoms. The summed E-state index contributed by atoms with van der Waals surface area (Å²) in [5, 5.41) is 0. The van der Waals surface area contributed by atoms with E-state index in [2.05, 4.69) is 6.92 Å². The van der Waals surface area contributed by atoms with Gasteiger partial charge in [-0.1, -0.05) is 13.3 Å². The van der Waals surface area contributed by atoms with Gasteiger partial charge in [-0.05, 0) is 6.42 Å². The van der Waals surface area contributed by atoms with Crippen LogP contribution in [0.3, 0.4) is 0 Å². The summed E-state index contributed by atoms with van der Waals surface area (Å²) in [6.07, 6.45) is 3.78. The normalized spacial score (nSPS) is 9.30. The van der Waals surface area contributed by atoms with Gasteiger partial charge in [0, 0.05) is 19.3 Å². The monoisotopic (exact) mass is 141 g/mol. The van der Waals surface area contributed by atoms with E-state index in [9.17, 15) is 9.59 Å². The van der Waals surface area contributed by atoms with Crippen molar-refractivity contribution in [2.45, 2.75) is 32.1 Å². The van der Waals surface area contributed by atoms with Crippen LogP contribution in [-0.4, -0.2) is 12.1 Å². The third-order valence-corrected chi connectivity index (χ3v) is 1.25.